The Hall–Kier alpha value is -5.41. The summed E-state index contributed by atoms with van der Waals surface area (Å²) in [6.07, 6.45) is 24.8. The number of allylic oxidation sites excluding steroid dienone is 10. The number of fused-ring (bicyclic) bond motifs is 4. The van der Waals surface area contributed by atoms with Crippen LogP contribution in [0.5, 0.6) is 0 Å². The normalized spacial score (nSPS) is 27.8. The van der Waals surface area contributed by atoms with Crippen molar-refractivity contribution in [2.45, 2.75) is 131 Å². The molecule has 0 radical (unpaired) electrons. The van der Waals surface area contributed by atoms with E-state index in [0.29, 0.717) is 10.8 Å². The number of rotatable bonds is 10. The molecule has 7 aliphatic carbocycles. The number of hydrogen-bond acceptors (Lipinski definition) is 2. The Balaban J connectivity index is 1.02. The molecule has 0 aromatic heterocycles. The molecular weight excluding hydrogens is 823 g/mol. The van der Waals surface area contributed by atoms with Crippen LogP contribution in [-0.2, 0) is 10.8 Å². The summed E-state index contributed by atoms with van der Waals surface area (Å²) in [7, 11) is 0. The van der Waals surface area contributed by atoms with Crippen LogP contribution in [0.15, 0.2) is 167 Å². The molecular formula is C65H76N3+. The zero-order valence-corrected chi connectivity index (χ0v) is 42.9. The molecule has 0 amide bonds. The van der Waals surface area contributed by atoms with Gasteiger partial charge in [0.2, 0.25) is 17.1 Å². The number of anilines is 2. The van der Waals surface area contributed by atoms with Crippen LogP contribution in [0.25, 0.3) is 0 Å². The lowest BCUT2D eigenvalue weighted by molar-refractivity contribution is -0.00802. The monoisotopic (exact) mass is 899 g/mol. The lowest BCUT2D eigenvalue weighted by Gasteiger charge is -2.56. The molecule has 4 unspecified atom stereocenters. The second-order valence-corrected chi connectivity index (χ2v) is 24.1. The smallest absolute Gasteiger partial charge is 0.218 e. The lowest BCUT2D eigenvalue weighted by atomic mass is 9.48. The van der Waals surface area contributed by atoms with Gasteiger partial charge >= 0.3 is 0 Å². The molecule has 2 heterocycles. The highest BCUT2D eigenvalue weighted by Gasteiger charge is 2.52. The molecule has 0 N–H and O–H groups in total. The molecule has 4 atom stereocenters. The van der Waals surface area contributed by atoms with Crippen molar-refractivity contribution >= 4 is 28.5 Å². The summed E-state index contributed by atoms with van der Waals surface area (Å²) < 4.78 is 2.54. The molecule has 4 aromatic rings. The number of hydrogen-bond donors (Lipinski definition) is 0. The first-order valence-corrected chi connectivity index (χ1v) is 26.3. The van der Waals surface area contributed by atoms with Gasteiger partial charge in [0.25, 0.3) is 0 Å². The van der Waals surface area contributed by atoms with Crippen LogP contribution < -0.4 is 14.4 Å². The van der Waals surface area contributed by atoms with E-state index in [-0.39, 0.29) is 10.8 Å². The average Bonchev–Trinajstić information content (AvgIpc) is 3.89. The van der Waals surface area contributed by atoms with E-state index in [1.54, 1.807) is 11.1 Å². The highest BCUT2D eigenvalue weighted by molar-refractivity contribution is 6.17. The van der Waals surface area contributed by atoms with Crippen LogP contribution in [-0.4, -0.2) is 18.8 Å². The lowest BCUT2D eigenvalue weighted by Crippen LogP contribution is -2.48. The van der Waals surface area contributed by atoms with Crippen molar-refractivity contribution in [3.05, 3.63) is 189 Å². The first kappa shape index (κ1) is 45.1. The molecule has 13 rings (SSSR count). The topological polar surface area (TPSA) is 9.49 Å². The molecule has 0 saturated heterocycles. The van der Waals surface area contributed by atoms with E-state index in [1.165, 1.54) is 98.9 Å². The Morgan fingerprint density at radius 2 is 0.941 bits per heavy atom. The molecule has 2 aliphatic heterocycles. The quantitative estimate of drug-likeness (QED) is 0.116. The van der Waals surface area contributed by atoms with Crippen LogP contribution in [0.3, 0.4) is 0 Å². The van der Waals surface area contributed by atoms with Gasteiger partial charge in [-0.2, -0.15) is 4.58 Å². The number of nitrogens with zero attached hydrogens (tertiary/aromatic N) is 3. The van der Waals surface area contributed by atoms with Crippen molar-refractivity contribution in [2.75, 3.05) is 22.9 Å². The number of para-hydroxylation sites is 2. The van der Waals surface area contributed by atoms with Crippen molar-refractivity contribution in [2.24, 2.45) is 34.5 Å². The fraction of sp³-hybridized carbons (Fsp3) is 0.431. The summed E-state index contributed by atoms with van der Waals surface area (Å²) in [6, 6.07) is 36.5. The van der Waals surface area contributed by atoms with Gasteiger partial charge in [-0.1, -0.05) is 163 Å². The van der Waals surface area contributed by atoms with Gasteiger partial charge in [0.1, 0.15) is 0 Å². The minimum Gasteiger partial charge on any atom is -0.344 e. The van der Waals surface area contributed by atoms with Crippen molar-refractivity contribution in [3.8, 4) is 0 Å². The van der Waals surface area contributed by atoms with Crippen LogP contribution in [0.4, 0.5) is 22.7 Å². The molecule has 0 spiro atoms. The molecule has 350 valence electrons. The van der Waals surface area contributed by atoms with E-state index in [2.05, 4.69) is 217 Å². The van der Waals surface area contributed by atoms with Gasteiger partial charge in [0.15, 0.2) is 0 Å². The maximum Gasteiger partial charge on any atom is 0.218 e. The molecule has 3 nitrogen and oxygen atoms in total. The molecule has 4 bridgehead atoms. The van der Waals surface area contributed by atoms with Gasteiger partial charge in [-0.25, -0.2) is 0 Å². The summed E-state index contributed by atoms with van der Waals surface area (Å²) in [4.78, 5) is 5.38. The minimum atomic E-state index is -0.130. The first-order chi connectivity index (χ1) is 32.5. The summed E-state index contributed by atoms with van der Waals surface area (Å²) >= 11 is 0. The van der Waals surface area contributed by atoms with Gasteiger partial charge in [0, 0.05) is 82.1 Å². The Morgan fingerprint density at radius 3 is 1.32 bits per heavy atom. The van der Waals surface area contributed by atoms with E-state index in [9.17, 15) is 0 Å². The maximum atomic E-state index is 2.69. The predicted octanol–water partition coefficient (Wildman–Crippen LogP) is 16.4. The van der Waals surface area contributed by atoms with Gasteiger partial charge in [-0.3, -0.25) is 0 Å². The zero-order chi connectivity index (χ0) is 47.3. The standard InChI is InChI=1S/C65H76N3/c1-43-21-31-57-55(39-43)64(7,8)59(66(57)37-35-45-25-29-49-41-53(45)62(49,3)4)33-27-47-23-24-48(61(47)68(51-17-13-11-14-18-51)52-19-15-12-16-20-52)28-34-60-65(9,10)56-40-44(2)22-32-58(56)67(60)38-36-46-26-30-50-42-54(46)63(50,5)6/h11-22,25-28,31-34,39-40,49-50,53-54H,23-24,29-30,35-38,41-42H2,1-10H3/q+1. The van der Waals surface area contributed by atoms with Gasteiger partial charge in [0.05, 0.1) is 0 Å². The van der Waals surface area contributed by atoms with Crippen LogP contribution in [0, 0.1) is 48.3 Å². The largest absolute Gasteiger partial charge is 0.344 e. The molecule has 9 aliphatic rings. The van der Waals surface area contributed by atoms with Crippen molar-refractivity contribution in [1.29, 1.82) is 0 Å². The second-order valence-electron chi connectivity index (χ2n) is 24.1. The van der Waals surface area contributed by atoms with Gasteiger partial charge in [-0.05, 0) is 135 Å². The van der Waals surface area contributed by atoms with Crippen molar-refractivity contribution in [3.63, 3.8) is 0 Å². The minimum absolute atomic E-state index is 0.130. The number of benzene rings is 4. The maximum absolute atomic E-state index is 2.69. The van der Waals surface area contributed by atoms with Crippen molar-refractivity contribution in [1.82, 2.24) is 4.58 Å². The number of aryl methyl sites for hydroxylation is 2. The summed E-state index contributed by atoms with van der Waals surface area (Å²) in [5, 5.41) is 0. The Labute approximate surface area is 409 Å². The Bertz CT molecular complexity index is 2690. The zero-order valence-electron chi connectivity index (χ0n) is 42.9. The van der Waals surface area contributed by atoms with E-state index >= 15 is 0 Å². The third-order valence-electron chi connectivity index (χ3n) is 18.9. The summed E-state index contributed by atoms with van der Waals surface area (Å²) in [6.45, 7) is 26.4. The van der Waals surface area contributed by atoms with E-state index in [4.69, 9.17) is 0 Å². The third kappa shape index (κ3) is 7.31. The summed E-state index contributed by atoms with van der Waals surface area (Å²) in [5.41, 5.74) is 21.6. The van der Waals surface area contributed by atoms with E-state index in [0.717, 1.165) is 62.4 Å². The second kappa shape index (κ2) is 16.6. The Kier molecular flexibility index (Phi) is 11.0. The first-order valence-electron chi connectivity index (χ1n) is 26.3. The van der Waals surface area contributed by atoms with Crippen LogP contribution in [0.1, 0.15) is 129 Å². The predicted molar refractivity (Wildman–Crippen MR) is 289 cm³/mol. The van der Waals surface area contributed by atoms with Crippen LogP contribution in [0.2, 0.25) is 0 Å². The fourth-order valence-electron chi connectivity index (χ4n) is 14.3. The van der Waals surface area contributed by atoms with E-state index < -0.39 is 0 Å². The molecule has 3 heteroatoms. The summed E-state index contributed by atoms with van der Waals surface area (Å²) in [5.74, 6) is 3.18. The molecule has 68 heavy (non-hydrogen) atoms. The van der Waals surface area contributed by atoms with Crippen molar-refractivity contribution < 1.29 is 0 Å². The average molecular weight is 899 g/mol. The molecule has 4 aromatic carbocycles. The third-order valence-corrected chi connectivity index (χ3v) is 18.9. The molecule has 3 fully saturated rings. The fourth-order valence-corrected chi connectivity index (χ4v) is 14.3. The SMILES string of the molecule is Cc1ccc2c(c1)C(C)(C)C(=C/C=C1\CC/C(=C\C=C3N(CCC4=CCC5CC4C5(C)C)c4ccc(C)cc4C3(C)C)C1=[N+](c1ccccc1)c1ccccc1)N2CCC1=CCC2CC1C2(C)C. The highest BCUT2D eigenvalue weighted by atomic mass is 15.2. The molecule has 3 saturated carbocycles. The Morgan fingerprint density at radius 1 is 0.529 bits per heavy atom. The van der Waals surface area contributed by atoms with Gasteiger partial charge in [-0.15, -0.1) is 0 Å². The highest BCUT2D eigenvalue weighted by Crippen LogP contribution is 2.61. The van der Waals surface area contributed by atoms with E-state index in [1.807, 2.05) is 0 Å². The van der Waals surface area contributed by atoms with Crippen LogP contribution >= 0.6 is 0 Å². The van der Waals surface area contributed by atoms with Gasteiger partial charge < -0.3 is 9.80 Å².